The lowest BCUT2D eigenvalue weighted by molar-refractivity contribution is -0.0387. The van der Waals surface area contributed by atoms with Crippen LogP contribution in [-0.2, 0) is 30.1 Å². The number of rotatable bonds is 11. The molecule has 3 heterocycles. The second kappa shape index (κ2) is 13.0. The van der Waals surface area contributed by atoms with Crippen molar-refractivity contribution >= 4 is 29.1 Å². The van der Waals surface area contributed by atoms with Crippen LogP contribution in [0, 0.1) is 12.7 Å². The molecule has 218 valence electrons. The predicted octanol–water partition coefficient (Wildman–Crippen LogP) is 4.26. The number of ether oxygens (including phenoxy) is 6. The molecule has 1 aliphatic carbocycles. The van der Waals surface area contributed by atoms with E-state index < -0.39 is 6.10 Å². The van der Waals surface area contributed by atoms with E-state index in [0.717, 1.165) is 11.1 Å². The highest BCUT2D eigenvalue weighted by Gasteiger charge is 2.48. The standard InChI is InChI=1S/C28H35ClFN3O7/c1-4-23(40-22-13-39-25-21(34)12-38-26(22)25)32-27-15(2)9-18(29)28(33-27)31-20-6-5-16-10-17(11-19(30)24(16)20)37-8-7-36-14-35-3/h9-11,20-22,25-26,34H,4-8,12-14H2,1-3H3,(H,31,33)/t20?,21-,22-,25-,26?/m1/s1. The molecule has 12 heteroatoms. The molecule has 2 aliphatic heterocycles. The third-order valence-corrected chi connectivity index (χ3v) is 7.48. The fourth-order valence-corrected chi connectivity index (χ4v) is 5.51. The molecule has 2 aromatic rings. The van der Waals surface area contributed by atoms with Gasteiger partial charge in [-0.15, -0.1) is 0 Å². The molecule has 2 N–H and O–H groups in total. The van der Waals surface area contributed by atoms with Crippen LogP contribution in [0.2, 0.25) is 5.02 Å². The Morgan fingerprint density at radius 2 is 2.05 bits per heavy atom. The topological polar surface area (TPSA) is 113 Å². The zero-order valence-electron chi connectivity index (χ0n) is 22.8. The van der Waals surface area contributed by atoms with Crippen molar-refractivity contribution in [2.24, 2.45) is 4.99 Å². The molecule has 3 aliphatic rings. The van der Waals surface area contributed by atoms with Gasteiger partial charge in [-0.1, -0.05) is 18.5 Å². The second-order valence-electron chi connectivity index (χ2n) is 10.0. The zero-order valence-corrected chi connectivity index (χ0v) is 23.6. The third-order valence-electron chi connectivity index (χ3n) is 7.19. The first-order valence-corrected chi connectivity index (χ1v) is 13.9. The number of hydrogen-bond donors (Lipinski definition) is 2. The van der Waals surface area contributed by atoms with E-state index in [-0.39, 0.29) is 43.6 Å². The maximum Gasteiger partial charge on any atom is 0.190 e. The Labute approximate surface area is 237 Å². The summed E-state index contributed by atoms with van der Waals surface area (Å²) in [4.78, 5) is 9.35. The van der Waals surface area contributed by atoms with E-state index in [0.29, 0.717) is 73.0 Å². The smallest absolute Gasteiger partial charge is 0.190 e. The first-order chi connectivity index (χ1) is 19.4. The van der Waals surface area contributed by atoms with Gasteiger partial charge in [-0.05, 0) is 43.0 Å². The predicted molar refractivity (Wildman–Crippen MR) is 146 cm³/mol. The van der Waals surface area contributed by atoms with Gasteiger partial charge in [0.2, 0.25) is 0 Å². The summed E-state index contributed by atoms with van der Waals surface area (Å²) in [5, 5.41) is 13.7. The van der Waals surface area contributed by atoms with Crippen LogP contribution in [0.1, 0.15) is 42.5 Å². The summed E-state index contributed by atoms with van der Waals surface area (Å²) in [5.74, 6) is 1.45. The number of benzene rings is 1. The molecular formula is C28H35ClFN3O7. The van der Waals surface area contributed by atoms with Crippen LogP contribution in [0.25, 0.3) is 0 Å². The van der Waals surface area contributed by atoms with E-state index in [4.69, 9.17) is 40.0 Å². The molecule has 0 amide bonds. The molecule has 1 aromatic carbocycles. The van der Waals surface area contributed by atoms with Crippen LogP contribution in [0.5, 0.6) is 5.75 Å². The first kappa shape index (κ1) is 29.0. The number of fused-ring (bicyclic) bond motifs is 2. The van der Waals surface area contributed by atoms with Crippen molar-refractivity contribution in [1.82, 2.24) is 4.98 Å². The Balaban J connectivity index is 1.28. The number of aryl methyl sites for hydroxylation is 2. The van der Waals surface area contributed by atoms with E-state index in [1.54, 1.807) is 13.2 Å². The minimum atomic E-state index is -0.653. The largest absolute Gasteiger partial charge is 0.491 e. The van der Waals surface area contributed by atoms with Gasteiger partial charge in [-0.2, -0.15) is 4.99 Å². The fourth-order valence-electron chi connectivity index (χ4n) is 5.25. The maximum absolute atomic E-state index is 15.2. The monoisotopic (exact) mass is 579 g/mol. The van der Waals surface area contributed by atoms with Crippen molar-refractivity contribution in [2.75, 3.05) is 45.6 Å². The Kier molecular flexibility index (Phi) is 9.39. The molecule has 0 saturated carbocycles. The molecule has 1 aromatic heterocycles. The summed E-state index contributed by atoms with van der Waals surface area (Å²) >= 11 is 6.55. The van der Waals surface area contributed by atoms with Gasteiger partial charge in [-0.3, -0.25) is 0 Å². The average Bonchev–Trinajstić information content (AvgIpc) is 3.63. The van der Waals surface area contributed by atoms with Gasteiger partial charge in [0.25, 0.3) is 0 Å². The van der Waals surface area contributed by atoms with E-state index in [9.17, 15) is 5.11 Å². The molecule has 0 radical (unpaired) electrons. The van der Waals surface area contributed by atoms with Gasteiger partial charge >= 0.3 is 0 Å². The quantitative estimate of drug-likeness (QED) is 0.174. The van der Waals surface area contributed by atoms with Crippen LogP contribution in [0.15, 0.2) is 23.2 Å². The lowest BCUT2D eigenvalue weighted by Crippen LogP contribution is -2.34. The number of aliphatic imine (C=N–C) groups is 1. The van der Waals surface area contributed by atoms with Crippen molar-refractivity contribution < 1.29 is 37.9 Å². The van der Waals surface area contributed by atoms with Crippen molar-refractivity contribution in [3.8, 4) is 5.75 Å². The van der Waals surface area contributed by atoms with Crippen LogP contribution in [0.4, 0.5) is 16.0 Å². The molecular weight excluding hydrogens is 545 g/mol. The van der Waals surface area contributed by atoms with Crippen LogP contribution in [0.3, 0.4) is 0 Å². The lowest BCUT2D eigenvalue weighted by atomic mass is 10.1. The number of anilines is 1. The Bertz CT molecular complexity index is 1230. The Morgan fingerprint density at radius 3 is 2.85 bits per heavy atom. The van der Waals surface area contributed by atoms with Crippen molar-refractivity contribution in [3.63, 3.8) is 0 Å². The molecule has 5 atom stereocenters. The highest BCUT2D eigenvalue weighted by Crippen LogP contribution is 2.39. The van der Waals surface area contributed by atoms with Crippen molar-refractivity contribution in [1.29, 1.82) is 0 Å². The second-order valence-corrected chi connectivity index (χ2v) is 10.4. The minimum Gasteiger partial charge on any atom is -0.491 e. The lowest BCUT2D eigenvalue weighted by Gasteiger charge is -2.19. The molecule has 40 heavy (non-hydrogen) atoms. The Morgan fingerprint density at radius 1 is 1.23 bits per heavy atom. The van der Waals surface area contributed by atoms with E-state index in [2.05, 4.69) is 15.3 Å². The molecule has 10 nitrogen and oxygen atoms in total. The van der Waals surface area contributed by atoms with Gasteiger partial charge in [0, 0.05) is 25.2 Å². The summed E-state index contributed by atoms with van der Waals surface area (Å²) in [5.41, 5.74) is 2.23. The number of pyridine rings is 1. The summed E-state index contributed by atoms with van der Waals surface area (Å²) in [6, 6.07) is 4.73. The summed E-state index contributed by atoms with van der Waals surface area (Å²) in [7, 11) is 1.55. The number of hydrogen-bond acceptors (Lipinski definition) is 10. The number of methoxy groups -OCH3 is 1. The number of nitrogens with zero attached hydrogens (tertiary/aromatic N) is 2. The van der Waals surface area contributed by atoms with Crippen LogP contribution >= 0.6 is 11.6 Å². The molecule has 2 fully saturated rings. The van der Waals surface area contributed by atoms with E-state index in [1.165, 1.54) is 6.07 Å². The fraction of sp³-hybridized carbons (Fsp3) is 0.571. The highest BCUT2D eigenvalue weighted by molar-refractivity contribution is 6.33. The van der Waals surface area contributed by atoms with Gasteiger partial charge in [0.1, 0.15) is 49.1 Å². The van der Waals surface area contributed by atoms with Crippen molar-refractivity contribution in [2.45, 2.75) is 63.6 Å². The number of halogens is 2. The Hall–Kier alpha value is -2.54. The van der Waals surface area contributed by atoms with Gasteiger partial charge in [0.15, 0.2) is 17.8 Å². The number of aliphatic hydroxyl groups excluding tert-OH is 1. The maximum atomic E-state index is 15.2. The van der Waals surface area contributed by atoms with E-state index in [1.807, 2.05) is 19.9 Å². The minimum absolute atomic E-state index is 0.182. The van der Waals surface area contributed by atoms with Gasteiger partial charge in [-0.25, -0.2) is 9.37 Å². The average molecular weight is 580 g/mol. The first-order valence-electron chi connectivity index (χ1n) is 13.5. The van der Waals surface area contributed by atoms with Crippen LogP contribution < -0.4 is 10.1 Å². The molecule has 0 bridgehead atoms. The number of aromatic nitrogens is 1. The number of nitrogens with one attached hydrogen (secondary N) is 1. The summed E-state index contributed by atoms with van der Waals surface area (Å²) in [6.07, 6.45) is 0.142. The molecule has 5 rings (SSSR count). The van der Waals surface area contributed by atoms with Gasteiger partial charge < -0.3 is 38.8 Å². The number of aliphatic hydroxyl groups is 1. The molecule has 0 spiro atoms. The third kappa shape index (κ3) is 6.35. The summed E-state index contributed by atoms with van der Waals surface area (Å²) < 4.78 is 48.4. The molecule has 2 saturated heterocycles. The van der Waals surface area contributed by atoms with Crippen molar-refractivity contribution in [3.05, 3.63) is 45.7 Å². The molecule has 2 unspecified atom stereocenters. The SMILES string of the molecule is CCC(=Nc1nc(NC2CCc3cc(OCCOCOC)cc(F)c32)c(Cl)cc1C)O[C@@H]1CO[C@H]2C1OC[C@H]2O. The summed E-state index contributed by atoms with van der Waals surface area (Å²) in [6.45, 7) is 5.16. The zero-order chi connectivity index (χ0) is 28.2. The highest BCUT2D eigenvalue weighted by atomic mass is 35.5. The normalized spacial score (nSPS) is 25.6. The van der Waals surface area contributed by atoms with Gasteiger partial charge in [0.05, 0.1) is 30.9 Å². The van der Waals surface area contributed by atoms with E-state index >= 15 is 4.39 Å². The van der Waals surface area contributed by atoms with Crippen LogP contribution in [-0.4, -0.2) is 80.7 Å².